The number of carbonyl (C=O) groups excluding carboxylic acids is 2. The molecular formula is C24H31FN2O2S. The Bertz CT molecular complexity index is 797. The SMILES string of the molecule is CC(C)CNC(=O)[C@H](C)N(Cc1ccc(F)cc1)C(=O)CCSCc1ccccc1. The fourth-order valence-electron chi connectivity index (χ4n) is 2.89. The Morgan fingerprint density at radius 2 is 1.67 bits per heavy atom. The average molecular weight is 431 g/mol. The highest BCUT2D eigenvalue weighted by Crippen LogP contribution is 2.16. The zero-order valence-corrected chi connectivity index (χ0v) is 18.8. The van der Waals surface area contributed by atoms with E-state index in [1.165, 1.54) is 17.7 Å². The molecule has 162 valence electrons. The maximum absolute atomic E-state index is 13.2. The maximum atomic E-state index is 13.2. The van der Waals surface area contributed by atoms with Gasteiger partial charge in [0.05, 0.1) is 0 Å². The van der Waals surface area contributed by atoms with Crippen LogP contribution >= 0.6 is 11.8 Å². The second kappa shape index (κ2) is 12.4. The molecule has 2 amide bonds. The van der Waals surface area contributed by atoms with Crippen molar-refractivity contribution in [1.29, 1.82) is 0 Å². The van der Waals surface area contributed by atoms with Crippen molar-refractivity contribution in [1.82, 2.24) is 10.2 Å². The summed E-state index contributed by atoms with van der Waals surface area (Å²) in [5.41, 5.74) is 2.02. The monoisotopic (exact) mass is 430 g/mol. The van der Waals surface area contributed by atoms with Crippen molar-refractivity contribution >= 4 is 23.6 Å². The van der Waals surface area contributed by atoms with Crippen LogP contribution in [0, 0.1) is 11.7 Å². The number of carbonyl (C=O) groups is 2. The van der Waals surface area contributed by atoms with Crippen LogP contribution in [-0.4, -0.2) is 35.1 Å². The van der Waals surface area contributed by atoms with Gasteiger partial charge < -0.3 is 10.2 Å². The second-order valence-corrected chi connectivity index (χ2v) is 8.86. The number of hydrogen-bond acceptors (Lipinski definition) is 3. The molecule has 30 heavy (non-hydrogen) atoms. The minimum absolute atomic E-state index is 0.0768. The Kier molecular flexibility index (Phi) is 9.87. The first kappa shape index (κ1) is 23.9. The lowest BCUT2D eigenvalue weighted by atomic mass is 10.1. The molecule has 0 saturated heterocycles. The third-order valence-electron chi connectivity index (χ3n) is 4.69. The normalized spacial score (nSPS) is 11.9. The summed E-state index contributed by atoms with van der Waals surface area (Å²) in [4.78, 5) is 27.1. The molecule has 0 aliphatic heterocycles. The summed E-state index contributed by atoms with van der Waals surface area (Å²) in [6, 6.07) is 15.6. The summed E-state index contributed by atoms with van der Waals surface area (Å²) in [5.74, 6) is 1.28. The Hall–Kier alpha value is -2.34. The van der Waals surface area contributed by atoms with Gasteiger partial charge in [-0.15, -0.1) is 0 Å². The summed E-state index contributed by atoms with van der Waals surface area (Å²) in [7, 11) is 0. The smallest absolute Gasteiger partial charge is 0.242 e. The largest absolute Gasteiger partial charge is 0.354 e. The molecule has 0 aliphatic rings. The molecule has 2 rings (SSSR count). The molecule has 0 bridgehead atoms. The fourth-order valence-corrected chi connectivity index (χ4v) is 3.78. The minimum atomic E-state index is -0.597. The van der Waals surface area contributed by atoms with Gasteiger partial charge in [0.1, 0.15) is 11.9 Å². The van der Waals surface area contributed by atoms with E-state index in [1.54, 1.807) is 35.7 Å². The lowest BCUT2D eigenvalue weighted by Crippen LogP contribution is -2.48. The molecule has 1 atom stereocenters. The van der Waals surface area contributed by atoms with Gasteiger partial charge in [0, 0.05) is 31.0 Å². The number of nitrogens with zero attached hydrogens (tertiary/aromatic N) is 1. The van der Waals surface area contributed by atoms with Crippen molar-refractivity contribution in [3.05, 3.63) is 71.5 Å². The molecule has 0 heterocycles. The van der Waals surface area contributed by atoms with Gasteiger partial charge in [-0.3, -0.25) is 9.59 Å². The highest BCUT2D eigenvalue weighted by atomic mass is 32.2. The van der Waals surface area contributed by atoms with Crippen molar-refractivity contribution in [3.63, 3.8) is 0 Å². The van der Waals surface area contributed by atoms with E-state index in [1.807, 2.05) is 32.0 Å². The summed E-state index contributed by atoms with van der Waals surface area (Å²) in [6.07, 6.45) is 0.348. The molecular weight excluding hydrogens is 399 g/mol. The molecule has 0 saturated carbocycles. The average Bonchev–Trinajstić information content (AvgIpc) is 2.74. The van der Waals surface area contributed by atoms with Crippen LogP contribution in [0.3, 0.4) is 0 Å². The van der Waals surface area contributed by atoms with E-state index in [9.17, 15) is 14.0 Å². The summed E-state index contributed by atoms with van der Waals surface area (Å²) in [6.45, 7) is 6.63. The van der Waals surface area contributed by atoms with E-state index in [4.69, 9.17) is 0 Å². The Morgan fingerprint density at radius 3 is 2.30 bits per heavy atom. The molecule has 0 aliphatic carbocycles. The topological polar surface area (TPSA) is 49.4 Å². The Morgan fingerprint density at radius 1 is 1.00 bits per heavy atom. The molecule has 2 aromatic rings. The molecule has 0 unspecified atom stereocenters. The van der Waals surface area contributed by atoms with Crippen LogP contribution in [0.15, 0.2) is 54.6 Å². The highest BCUT2D eigenvalue weighted by Gasteiger charge is 2.25. The third-order valence-corrected chi connectivity index (χ3v) is 5.72. The van der Waals surface area contributed by atoms with Gasteiger partial charge in [-0.2, -0.15) is 11.8 Å². The lowest BCUT2D eigenvalue weighted by Gasteiger charge is -2.29. The van der Waals surface area contributed by atoms with E-state index < -0.39 is 6.04 Å². The molecule has 0 spiro atoms. The van der Waals surface area contributed by atoms with E-state index in [-0.39, 0.29) is 24.2 Å². The molecule has 4 nitrogen and oxygen atoms in total. The van der Waals surface area contributed by atoms with Crippen LogP contribution in [0.4, 0.5) is 4.39 Å². The number of hydrogen-bond donors (Lipinski definition) is 1. The van der Waals surface area contributed by atoms with Gasteiger partial charge >= 0.3 is 0 Å². The predicted molar refractivity (Wildman–Crippen MR) is 121 cm³/mol. The molecule has 2 aromatic carbocycles. The second-order valence-electron chi connectivity index (χ2n) is 7.75. The van der Waals surface area contributed by atoms with E-state index >= 15 is 0 Å². The van der Waals surface area contributed by atoms with Gasteiger partial charge in [-0.1, -0.05) is 56.3 Å². The summed E-state index contributed by atoms with van der Waals surface area (Å²) in [5, 5.41) is 2.90. The molecule has 1 N–H and O–H groups in total. The van der Waals surface area contributed by atoms with Crippen LogP contribution in [0.5, 0.6) is 0 Å². The minimum Gasteiger partial charge on any atom is -0.354 e. The van der Waals surface area contributed by atoms with Crippen LogP contribution < -0.4 is 5.32 Å². The summed E-state index contributed by atoms with van der Waals surface area (Å²) < 4.78 is 13.2. The Labute approximate surface area is 183 Å². The zero-order chi connectivity index (χ0) is 21.9. The third kappa shape index (κ3) is 8.19. The van der Waals surface area contributed by atoms with Gasteiger partial charge in [0.15, 0.2) is 0 Å². The van der Waals surface area contributed by atoms with Gasteiger partial charge in [0.25, 0.3) is 0 Å². The zero-order valence-electron chi connectivity index (χ0n) is 17.9. The van der Waals surface area contributed by atoms with Crippen molar-refractivity contribution in [2.24, 2.45) is 5.92 Å². The standard InChI is InChI=1S/C24H31FN2O2S/c1-18(2)15-26-24(29)19(3)27(16-20-9-11-22(25)12-10-20)23(28)13-14-30-17-21-7-5-4-6-8-21/h4-12,18-19H,13-17H2,1-3H3,(H,26,29)/t19-/m0/s1. The predicted octanol–water partition coefficient (Wildman–Crippen LogP) is 4.64. The fraction of sp³-hybridized carbons (Fsp3) is 0.417. The van der Waals surface area contributed by atoms with Gasteiger partial charge in [-0.05, 0) is 36.1 Å². The molecule has 0 radical (unpaired) electrons. The van der Waals surface area contributed by atoms with Crippen LogP contribution in [0.2, 0.25) is 0 Å². The number of amides is 2. The summed E-state index contributed by atoms with van der Waals surface area (Å²) >= 11 is 1.70. The Balaban J connectivity index is 1.98. The van der Waals surface area contributed by atoms with E-state index in [0.717, 1.165) is 11.3 Å². The van der Waals surface area contributed by atoms with Crippen LogP contribution in [-0.2, 0) is 21.9 Å². The molecule has 0 fully saturated rings. The number of benzene rings is 2. The van der Waals surface area contributed by atoms with Crippen molar-refractivity contribution in [2.45, 2.75) is 45.5 Å². The van der Waals surface area contributed by atoms with Crippen LogP contribution in [0.25, 0.3) is 0 Å². The number of halogens is 1. The van der Waals surface area contributed by atoms with E-state index in [0.29, 0.717) is 24.6 Å². The first-order chi connectivity index (χ1) is 14.4. The number of thioether (sulfide) groups is 1. The van der Waals surface area contributed by atoms with E-state index in [2.05, 4.69) is 17.4 Å². The maximum Gasteiger partial charge on any atom is 0.242 e. The molecule has 0 aromatic heterocycles. The highest BCUT2D eigenvalue weighted by molar-refractivity contribution is 7.98. The first-order valence-corrected chi connectivity index (χ1v) is 11.5. The lowest BCUT2D eigenvalue weighted by molar-refractivity contribution is -0.140. The first-order valence-electron chi connectivity index (χ1n) is 10.3. The van der Waals surface area contributed by atoms with Crippen molar-refractivity contribution in [2.75, 3.05) is 12.3 Å². The molecule has 6 heteroatoms. The van der Waals surface area contributed by atoms with Gasteiger partial charge in [-0.25, -0.2) is 4.39 Å². The number of rotatable bonds is 11. The van der Waals surface area contributed by atoms with Crippen LogP contribution in [0.1, 0.15) is 38.3 Å². The van der Waals surface area contributed by atoms with Crippen molar-refractivity contribution < 1.29 is 14.0 Å². The quantitative estimate of drug-likeness (QED) is 0.529. The van der Waals surface area contributed by atoms with Crippen molar-refractivity contribution in [3.8, 4) is 0 Å². The van der Waals surface area contributed by atoms with Gasteiger partial charge in [0.2, 0.25) is 11.8 Å². The number of nitrogens with one attached hydrogen (secondary N) is 1.